The second kappa shape index (κ2) is 9.29. The van der Waals surface area contributed by atoms with E-state index in [0.717, 1.165) is 35.4 Å². The molecule has 28 heavy (non-hydrogen) atoms. The summed E-state index contributed by atoms with van der Waals surface area (Å²) < 4.78 is 32.0. The van der Waals surface area contributed by atoms with Crippen LogP contribution in [0.2, 0.25) is 0 Å². The Balaban J connectivity index is 1.77. The number of rotatable bonds is 9. The highest BCUT2D eigenvalue weighted by molar-refractivity contribution is 7.89. The van der Waals surface area contributed by atoms with E-state index < -0.39 is 14.9 Å². The zero-order valence-corrected chi connectivity index (χ0v) is 16.3. The third-order valence-electron chi connectivity index (χ3n) is 4.01. The highest BCUT2D eigenvalue weighted by Crippen LogP contribution is 2.20. The van der Waals surface area contributed by atoms with Crippen LogP contribution in [0, 0.1) is 24.0 Å². The lowest BCUT2D eigenvalue weighted by atomic mass is 10.1. The van der Waals surface area contributed by atoms with Crippen molar-refractivity contribution in [2.45, 2.75) is 18.7 Å². The molecule has 1 amide bonds. The molecule has 0 fully saturated rings. The number of nitro benzene ring substituents is 1. The molecule has 0 bridgehead atoms. The molecule has 0 aromatic heterocycles. The van der Waals surface area contributed by atoms with E-state index in [2.05, 4.69) is 10.0 Å². The monoisotopic (exact) mass is 407 g/mol. The minimum Gasteiger partial charge on any atom is -0.483 e. The maximum Gasteiger partial charge on any atom is 0.269 e. The molecule has 2 rings (SSSR count). The number of amides is 1. The van der Waals surface area contributed by atoms with Crippen LogP contribution in [0.4, 0.5) is 5.69 Å². The van der Waals surface area contributed by atoms with Gasteiger partial charge in [-0.15, -0.1) is 0 Å². The third kappa shape index (κ3) is 5.76. The van der Waals surface area contributed by atoms with Gasteiger partial charge in [-0.3, -0.25) is 14.9 Å². The number of hydrogen-bond acceptors (Lipinski definition) is 6. The van der Waals surface area contributed by atoms with Gasteiger partial charge in [0.05, 0.1) is 9.82 Å². The van der Waals surface area contributed by atoms with Gasteiger partial charge in [-0.2, -0.15) is 0 Å². The fourth-order valence-corrected chi connectivity index (χ4v) is 3.32. The summed E-state index contributed by atoms with van der Waals surface area (Å²) in [5.41, 5.74) is 1.81. The molecule has 0 aliphatic carbocycles. The highest BCUT2D eigenvalue weighted by atomic mass is 32.2. The Labute approximate surface area is 162 Å². The Morgan fingerprint density at radius 2 is 1.79 bits per heavy atom. The maximum atomic E-state index is 12.1. The summed E-state index contributed by atoms with van der Waals surface area (Å²) in [6, 6.07) is 10.1. The molecule has 0 saturated carbocycles. The zero-order chi connectivity index (χ0) is 20.7. The first-order valence-electron chi connectivity index (χ1n) is 8.40. The lowest BCUT2D eigenvalue weighted by Gasteiger charge is -2.11. The number of aryl methyl sites for hydroxylation is 1. The second-order valence-corrected chi connectivity index (χ2v) is 7.75. The average Bonchev–Trinajstić information content (AvgIpc) is 2.66. The van der Waals surface area contributed by atoms with Crippen LogP contribution in [0.15, 0.2) is 47.4 Å². The first-order valence-corrected chi connectivity index (χ1v) is 9.89. The third-order valence-corrected chi connectivity index (χ3v) is 5.49. The minimum absolute atomic E-state index is 0.0332. The largest absolute Gasteiger partial charge is 0.483 e. The molecule has 0 atom stereocenters. The van der Waals surface area contributed by atoms with Gasteiger partial charge >= 0.3 is 0 Å². The maximum absolute atomic E-state index is 12.1. The molecular weight excluding hydrogens is 386 g/mol. The number of carbonyl (C=O) groups is 1. The van der Waals surface area contributed by atoms with Crippen LogP contribution in [0.5, 0.6) is 5.75 Å². The molecule has 2 aromatic carbocycles. The first-order chi connectivity index (χ1) is 13.2. The molecule has 0 heterocycles. The summed E-state index contributed by atoms with van der Waals surface area (Å²) in [6.45, 7) is 3.70. The van der Waals surface area contributed by atoms with E-state index >= 15 is 0 Å². The van der Waals surface area contributed by atoms with Crippen molar-refractivity contribution in [1.29, 1.82) is 0 Å². The fraction of sp³-hybridized carbons (Fsp3) is 0.278. The van der Waals surface area contributed by atoms with Gasteiger partial charge in [0.2, 0.25) is 10.0 Å². The van der Waals surface area contributed by atoms with Gasteiger partial charge in [0, 0.05) is 25.2 Å². The molecule has 0 spiro atoms. The molecule has 2 aromatic rings. The Kier molecular flexibility index (Phi) is 7.07. The van der Waals surface area contributed by atoms with Crippen LogP contribution in [0.1, 0.15) is 11.1 Å². The summed E-state index contributed by atoms with van der Waals surface area (Å²) in [5.74, 6) is 0.240. The minimum atomic E-state index is -3.82. The van der Waals surface area contributed by atoms with Crippen molar-refractivity contribution >= 4 is 21.6 Å². The normalized spacial score (nSPS) is 11.1. The van der Waals surface area contributed by atoms with Gasteiger partial charge in [0.1, 0.15) is 5.75 Å². The van der Waals surface area contributed by atoms with Crippen LogP contribution in [-0.4, -0.2) is 38.9 Å². The Morgan fingerprint density at radius 3 is 2.43 bits per heavy atom. The van der Waals surface area contributed by atoms with Crippen LogP contribution in [-0.2, 0) is 14.8 Å². The van der Waals surface area contributed by atoms with Gasteiger partial charge in [0.15, 0.2) is 6.61 Å². The van der Waals surface area contributed by atoms with Crippen molar-refractivity contribution in [3.63, 3.8) is 0 Å². The molecule has 0 radical (unpaired) electrons. The van der Waals surface area contributed by atoms with Crippen molar-refractivity contribution in [2.24, 2.45) is 0 Å². The topological polar surface area (TPSA) is 128 Å². The van der Waals surface area contributed by atoms with E-state index in [1.807, 2.05) is 26.0 Å². The summed E-state index contributed by atoms with van der Waals surface area (Å²) in [6.07, 6.45) is 0. The SMILES string of the molecule is Cc1cccc(OCC(=O)NCCNS(=O)(=O)c2ccc([N+](=O)[O-])cc2)c1C. The lowest BCUT2D eigenvalue weighted by Crippen LogP contribution is -2.36. The number of nitrogens with one attached hydrogen (secondary N) is 2. The number of sulfonamides is 1. The van der Waals surface area contributed by atoms with Crippen LogP contribution >= 0.6 is 0 Å². The average molecular weight is 407 g/mol. The number of carbonyl (C=O) groups excluding carboxylic acids is 1. The van der Waals surface area contributed by atoms with E-state index in [4.69, 9.17) is 4.74 Å². The molecule has 10 heteroatoms. The molecule has 2 N–H and O–H groups in total. The van der Waals surface area contributed by atoms with Crippen LogP contribution in [0.25, 0.3) is 0 Å². The Bertz CT molecular complexity index is 958. The van der Waals surface area contributed by atoms with Gasteiger partial charge < -0.3 is 10.1 Å². The van der Waals surface area contributed by atoms with E-state index in [9.17, 15) is 23.3 Å². The number of nitro groups is 1. The second-order valence-electron chi connectivity index (χ2n) is 5.99. The molecule has 9 nitrogen and oxygen atoms in total. The lowest BCUT2D eigenvalue weighted by molar-refractivity contribution is -0.384. The molecular formula is C18H21N3O6S. The standard InChI is InChI=1S/C18H21N3O6S/c1-13-4-3-5-17(14(13)2)27-12-18(22)19-10-11-20-28(25,26)16-8-6-15(7-9-16)21(23)24/h3-9,20H,10-12H2,1-2H3,(H,19,22). The van der Waals surface area contributed by atoms with Crippen molar-refractivity contribution in [3.05, 3.63) is 63.7 Å². The number of ether oxygens (including phenoxy) is 1. The van der Waals surface area contributed by atoms with Gasteiger partial charge in [-0.05, 0) is 43.2 Å². The van der Waals surface area contributed by atoms with E-state index in [0.29, 0.717) is 5.75 Å². The van der Waals surface area contributed by atoms with Gasteiger partial charge in [-0.25, -0.2) is 13.1 Å². The van der Waals surface area contributed by atoms with Crippen LogP contribution < -0.4 is 14.8 Å². The molecule has 0 saturated heterocycles. The summed E-state index contributed by atoms with van der Waals surface area (Å²) >= 11 is 0. The van der Waals surface area contributed by atoms with Crippen molar-refractivity contribution in [2.75, 3.05) is 19.7 Å². The number of non-ortho nitro benzene ring substituents is 1. The molecule has 0 aliphatic heterocycles. The number of hydrogen-bond donors (Lipinski definition) is 2. The van der Waals surface area contributed by atoms with Gasteiger partial charge in [0.25, 0.3) is 11.6 Å². The van der Waals surface area contributed by atoms with E-state index in [1.165, 1.54) is 0 Å². The Hall–Kier alpha value is -2.98. The van der Waals surface area contributed by atoms with E-state index in [1.54, 1.807) is 6.07 Å². The number of benzene rings is 2. The van der Waals surface area contributed by atoms with Crippen molar-refractivity contribution < 1.29 is 22.9 Å². The van der Waals surface area contributed by atoms with E-state index in [-0.39, 0.29) is 36.2 Å². The predicted octanol–water partition coefficient (Wildman–Crippen LogP) is 1.69. The zero-order valence-electron chi connectivity index (χ0n) is 15.5. The quantitative estimate of drug-likeness (QED) is 0.370. The first kappa shape index (κ1) is 21.3. The van der Waals surface area contributed by atoms with Crippen LogP contribution in [0.3, 0.4) is 0 Å². The highest BCUT2D eigenvalue weighted by Gasteiger charge is 2.15. The fourth-order valence-electron chi connectivity index (χ4n) is 2.29. The summed E-state index contributed by atoms with van der Waals surface area (Å²) in [4.78, 5) is 21.7. The van der Waals surface area contributed by atoms with Gasteiger partial charge in [-0.1, -0.05) is 12.1 Å². The smallest absolute Gasteiger partial charge is 0.269 e. The molecule has 0 unspecified atom stereocenters. The van der Waals surface area contributed by atoms with Crippen molar-refractivity contribution in [3.8, 4) is 5.75 Å². The van der Waals surface area contributed by atoms with Crippen molar-refractivity contribution in [1.82, 2.24) is 10.0 Å². The predicted molar refractivity (Wildman–Crippen MR) is 103 cm³/mol. The molecule has 150 valence electrons. The summed E-state index contributed by atoms with van der Waals surface area (Å²) in [5, 5.41) is 13.2. The summed E-state index contributed by atoms with van der Waals surface area (Å²) in [7, 11) is -3.82. The number of nitrogens with zero attached hydrogens (tertiary/aromatic N) is 1. The molecule has 0 aliphatic rings. The Morgan fingerprint density at radius 1 is 1.11 bits per heavy atom.